The molecule has 28 heavy (non-hydrogen) atoms. The third-order valence-corrected chi connectivity index (χ3v) is 7.49. The molecule has 0 fully saturated rings. The van der Waals surface area contributed by atoms with Crippen molar-refractivity contribution in [3.8, 4) is 0 Å². The molecule has 0 aliphatic carbocycles. The van der Waals surface area contributed by atoms with Gasteiger partial charge >= 0.3 is 0 Å². The minimum Gasteiger partial charge on any atom is -0.387 e. The normalized spacial score (nSPS) is 21.4. The molecule has 1 aliphatic heterocycles. The number of aliphatic hydroxyl groups is 1. The van der Waals surface area contributed by atoms with Gasteiger partial charge in [0.15, 0.2) is 0 Å². The van der Waals surface area contributed by atoms with Crippen LogP contribution in [-0.2, 0) is 29.9 Å². The number of hydrogen-bond acceptors (Lipinski definition) is 3. The Morgan fingerprint density at radius 2 is 1.68 bits per heavy atom. The van der Waals surface area contributed by atoms with Crippen LogP contribution in [0.3, 0.4) is 0 Å². The monoisotopic (exact) mass is 396 g/mol. The Labute approximate surface area is 165 Å². The Bertz CT molecular complexity index is 1060. The van der Waals surface area contributed by atoms with Crippen LogP contribution in [0, 0.1) is 0 Å². The van der Waals surface area contributed by atoms with Crippen LogP contribution in [-0.4, -0.2) is 35.0 Å². The molecule has 1 aliphatic rings. The SMILES string of the molecule is Cn1cccc1C[C@@H]1[C@@H](O)c2ccccc2S(=O)(=O)N1CCc1ccccc1. The second kappa shape index (κ2) is 7.54. The van der Waals surface area contributed by atoms with Crippen LogP contribution < -0.4 is 0 Å². The largest absolute Gasteiger partial charge is 0.387 e. The van der Waals surface area contributed by atoms with Gasteiger partial charge in [-0.25, -0.2) is 8.42 Å². The molecule has 2 aromatic carbocycles. The van der Waals surface area contributed by atoms with Crippen molar-refractivity contribution in [1.82, 2.24) is 8.87 Å². The van der Waals surface area contributed by atoms with Crippen molar-refractivity contribution >= 4 is 10.0 Å². The summed E-state index contributed by atoms with van der Waals surface area (Å²) in [5.41, 5.74) is 2.55. The summed E-state index contributed by atoms with van der Waals surface area (Å²) >= 11 is 0. The van der Waals surface area contributed by atoms with E-state index in [4.69, 9.17) is 0 Å². The molecule has 2 heterocycles. The first-order valence-electron chi connectivity index (χ1n) is 9.41. The highest BCUT2D eigenvalue weighted by molar-refractivity contribution is 7.89. The third kappa shape index (κ3) is 3.39. The third-order valence-electron chi connectivity index (χ3n) is 5.49. The molecule has 6 heteroatoms. The second-order valence-corrected chi connectivity index (χ2v) is 9.07. The van der Waals surface area contributed by atoms with Crippen molar-refractivity contribution in [2.24, 2.45) is 7.05 Å². The minimum absolute atomic E-state index is 0.207. The smallest absolute Gasteiger partial charge is 0.243 e. The zero-order chi connectivity index (χ0) is 19.7. The fraction of sp³-hybridized carbons (Fsp3) is 0.273. The number of rotatable bonds is 5. The maximum atomic E-state index is 13.4. The highest BCUT2D eigenvalue weighted by atomic mass is 32.2. The van der Waals surface area contributed by atoms with E-state index < -0.39 is 22.2 Å². The molecule has 0 saturated carbocycles. The highest BCUT2D eigenvalue weighted by Crippen LogP contribution is 2.38. The fourth-order valence-corrected chi connectivity index (χ4v) is 5.80. The van der Waals surface area contributed by atoms with Crippen LogP contribution in [0.1, 0.15) is 22.9 Å². The van der Waals surface area contributed by atoms with Crippen molar-refractivity contribution in [3.05, 3.63) is 89.7 Å². The van der Waals surface area contributed by atoms with Crippen molar-refractivity contribution in [1.29, 1.82) is 0 Å². The van der Waals surface area contributed by atoms with Crippen molar-refractivity contribution < 1.29 is 13.5 Å². The van der Waals surface area contributed by atoms with Crippen molar-refractivity contribution in [2.75, 3.05) is 6.54 Å². The minimum atomic E-state index is -3.69. The van der Waals surface area contributed by atoms with Gasteiger partial charge in [-0.1, -0.05) is 48.5 Å². The average molecular weight is 397 g/mol. The summed E-state index contributed by atoms with van der Waals surface area (Å²) in [4.78, 5) is 0.207. The van der Waals surface area contributed by atoms with Crippen LogP contribution in [0.5, 0.6) is 0 Å². The van der Waals surface area contributed by atoms with Gasteiger partial charge in [0.25, 0.3) is 0 Å². The molecule has 3 aromatic rings. The van der Waals surface area contributed by atoms with E-state index in [1.165, 1.54) is 4.31 Å². The summed E-state index contributed by atoms with van der Waals surface area (Å²) in [7, 11) is -1.76. The second-order valence-electron chi connectivity index (χ2n) is 7.22. The fourth-order valence-electron chi connectivity index (χ4n) is 3.94. The first kappa shape index (κ1) is 18.9. The molecule has 0 saturated heterocycles. The molecule has 0 bridgehead atoms. The van der Waals surface area contributed by atoms with Gasteiger partial charge in [0, 0.05) is 37.5 Å². The number of benzene rings is 2. The molecule has 0 unspecified atom stereocenters. The van der Waals surface area contributed by atoms with E-state index >= 15 is 0 Å². The Hall–Kier alpha value is -2.41. The topological polar surface area (TPSA) is 62.5 Å². The average Bonchev–Trinajstić information content (AvgIpc) is 3.11. The van der Waals surface area contributed by atoms with E-state index in [2.05, 4.69) is 0 Å². The summed E-state index contributed by atoms with van der Waals surface area (Å²) in [5.74, 6) is 0. The molecule has 2 atom stereocenters. The predicted octanol–water partition coefficient (Wildman–Crippen LogP) is 2.92. The predicted molar refractivity (Wildman–Crippen MR) is 108 cm³/mol. The molecule has 0 radical (unpaired) electrons. The standard InChI is InChI=1S/C22H24N2O3S/c1-23-14-7-10-18(23)16-20-22(25)19-11-5-6-12-21(19)28(26,27)24(20)15-13-17-8-3-2-4-9-17/h2-12,14,20,22,25H,13,15-16H2,1H3/t20-,22+/m1/s1. The van der Waals surface area contributed by atoms with Crippen LogP contribution in [0.15, 0.2) is 77.8 Å². The summed E-state index contributed by atoms with van der Waals surface area (Å²) < 4.78 is 30.3. The molecule has 1 aromatic heterocycles. The maximum absolute atomic E-state index is 13.4. The Morgan fingerprint density at radius 1 is 0.964 bits per heavy atom. The van der Waals surface area contributed by atoms with E-state index in [0.29, 0.717) is 24.9 Å². The van der Waals surface area contributed by atoms with Gasteiger partial charge in [0.2, 0.25) is 10.0 Å². The zero-order valence-electron chi connectivity index (χ0n) is 15.8. The highest BCUT2D eigenvalue weighted by Gasteiger charge is 2.43. The number of hydrogen-bond donors (Lipinski definition) is 1. The number of aromatic nitrogens is 1. The zero-order valence-corrected chi connectivity index (χ0v) is 16.6. The van der Waals surface area contributed by atoms with E-state index in [1.54, 1.807) is 24.3 Å². The van der Waals surface area contributed by atoms with Crippen LogP contribution in [0.2, 0.25) is 0 Å². The van der Waals surface area contributed by atoms with Crippen LogP contribution in [0.4, 0.5) is 0 Å². The lowest BCUT2D eigenvalue weighted by Crippen LogP contribution is -2.49. The van der Waals surface area contributed by atoms with Gasteiger partial charge in [0.05, 0.1) is 17.0 Å². The first-order valence-corrected chi connectivity index (χ1v) is 10.9. The number of aliphatic hydroxyl groups excluding tert-OH is 1. The van der Waals surface area contributed by atoms with Gasteiger partial charge < -0.3 is 9.67 Å². The molecule has 0 amide bonds. The Kier molecular flexibility index (Phi) is 5.10. The van der Waals surface area contributed by atoms with Gasteiger partial charge in [-0.3, -0.25) is 0 Å². The molecule has 0 spiro atoms. The molecule has 5 nitrogen and oxygen atoms in total. The molecular formula is C22H24N2O3S. The summed E-state index contributed by atoms with van der Waals surface area (Å²) in [6.07, 6.45) is 2.11. The molecule has 146 valence electrons. The van der Waals surface area contributed by atoms with Gasteiger partial charge in [-0.15, -0.1) is 0 Å². The van der Waals surface area contributed by atoms with E-state index in [0.717, 1.165) is 11.3 Å². The quantitative estimate of drug-likeness (QED) is 0.721. The van der Waals surface area contributed by atoms with Crippen LogP contribution in [0.25, 0.3) is 0 Å². The van der Waals surface area contributed by atoms with Gasteiger partial charge in [-0.2, -0.15) is 4.31 Å². The van der Waals surface area contributed by atoms with E-state index in [-0.39, 0.29) is 4.90 Å². The maximum Gasteiger partial charge on any atom is 0.243 e. The lowest BCUT2D eigenvalue weighted by atomic mass is 9.97. The molecule has 4 rings (SSSR count). The van der Waals surface area contributed by atoms with E-state index in [9.17, 15) is 13.5 Å². The van der Waals surface area contributed by atoms with Crippen molar-refractivity contribution in [2.45, 2.75) is 29.9 Å². The number of sulfonamides is 1. The lowest BCUT2D eigenvalue weighted by Gasteiger charge is -2.39. The number of aryl methyl sites for hydroxylation is 1. The Morgan fingerprint density at radius 3 is 2.39 bits per heavy atom. The summed E-state index contributed by atoms with van der Waals surface area (Å²) in [6, 6.07) is 20.0. The number of fused-ring (bicyclic) bond motifs is 1. The number of nitrogens with zero attached hydrogens (tertiary/aromatic N) is 2. The molecular weight excluding hydrogens is 372 g/mol. The van der Waals surface area contributed by atoms with E-state index in [1.807, 2.05) is 60.3 Å². The van der Waals surface area contributed by atoms with Crippen molar-refractivity contribution in [3.63, 3.8) is 0 Å². The molecule has 1 N–H and O–H groups in total. The van der Waals surface area contributed by atoms with Gasteiger partial charge in [0.1, 0.15) is 0 Å². The Balaban J connectivity index is 1.72. The van der Waals surface area contributed by atoms with Gasteiger partial charge in [-0.05, 0) is 30.2 Å². The first-order chi connectivity index (χ1) is 13.5. The van der Waals surface area contributed by atoms with Crippen LogP contribution >= 0.6 is 0 Å². The summed E-state index contributed by atoms with van der Waals surface area (Å²) in [6.45, 7) is 0.326. The summed E-state index contributed by atoms with van der Waals surface area (Å²) in [5, 5.41) is 11.1. The lowest BCUT2D eigenvalue weighted by molar-refractivity contribution is 0.0792.